The van der Waals surface area contributed by atoms with Gasteiger partial charge in [0.2, 0.25) is 0 Å². The van der Waals surface area contributed by atoms with Crippen LogP contribution in [0.2, 0.25) is 0 Å². The van der Waals surface area contributed by atoms with Crippen molar-refractivity contribution in [2.75, 3.05) is 5.32 Å². The van der Waals surface area contributed by atoms with Gasteiger partial charge in [-0.05, 0) is 47.7 Å². The number of benzene rings is 2. The molecule has 0 radical (unpaired) electrons. The molecule has 0 saturated carbocycles. The Morgan fingerprint density at radius 1 is 1.09 bits per heavy atom. The van der Waals surface area contributed by atoms with E-state index in [1.54, 1.807) is 36.4 Å². The van der Waals surface area contributed by atoms with Crippen molar-refractivity contribution in [2.24, 2.45) is 5.41 Å². The maximum absolute atomic E-state index is 13.0. The van der Waals surface area contributed by atoms with Crippen molar-refractivity contribution in [1.82, 2.24) is 4.98 Å². The second-order valence-electron chi connectivity index (χ2n) is 8.74. The molecule has 0 atom stereocenters. The van der Waals surface area contributed by atoms with Gasteiger partial charge >= 0.3 is 0 Å². The zero-order valence-corrected chi connectivity index (χ0v) is 17.8. The number of ketones is 1. The Bertz CT molecular complexity index is 1250. The maximum atomic E-state index is 13.0. The predicted octanol–water partition coefficient (Wildman–Crippen LogP) is 4.50. The highest BCUT2D eigenvalue weighted by Gasteiger charge is 2.32. The molecule has 0 bridgehead atoms. The van der Waals surface area contributed by atoms with Crippen molar-refractivity contribution in [3.05, 3.63) is 93.2 Å². The van der Waals surface area contributed by atoms with E-state index in [0.29, 0.717) is 35.5 Å². The third-order valence-corrected chi connectivity index (χ3v) is 5.37. The van der Waals surface area contributed by atoms with Crippen LogP contribution in [0.3, 0.4) is 0 Å². The zero-order valence-electron chi connectivity index (χ0n) is 17.8. The van der Waals surface area contributed by atoms with E-state index in [-0.39, 0.29) is 29.2 Å². The molecule has 0 unspecified atom stereocenters. The van der Waals surface area contributed by atoms with Crippen molar-refractivity contribution in [2.45, 2.75) is 33.3 Å². The number of fused-ring (bicyclic) bond motifs is 1. The van der Waals surface area contributed by atoms with Crippen molar-refractivity contribution in [3.8, 4) is 5.75 Å². The van der Waals surface area contributed by atoms with Crippen LogP contribution < -0.4 is 15.6 Å². The lowest BCUT2D eigenvalue weighted by Crippen LogP contribution is -2.32. The molecule has 2 N–H and O–H groups in total. The first-order chi connectivity index (χ1) is 15.2. The van der Waals surface area contributed by atoms with Crippen LogP contribution >= 0.6 is 0 Å². The molecule has 1 aromatic heterocycles. The largest absolute Gasteiger partial charge is 0.489 e. The van der Waals surface area contributed by atoms with Gasteiger partial charge in [-0.15, -0.1) is 0 Å². The molecule has 1 aliphatic rings. The SMILES string of the molecule is CC1(C)CC(=O)c2cc(C(=O)Nc3cccc(OCc4ccc(F)cc4)c3)c(=O)[nH]c2C1. The Morgan fingerprint density at radius 2 is 1.84 bits per heavy atom. The molecule has 3 aromatic rings. The van der Waals surface area contributed by atoms with Crippen LogP contribution in [0.15, 0.2) is 59.4 Å². The van der Waals surface area contributed by atoms with E-state index in [0.717, 1.165) is 5.56 Å². The summed E-state index contributed by atoms with van der Waals surface area (Å²) in [6, 6.07) is 14.1. The molecular formula is C25H23FN2O4. The van der Waals surface area contributed by atoms with E-state index in [1.807, 2.05) is 13.8 Å². The third kappa shape index (κ3) is 4.77. The Hall–Kier alpha value is -3.74. The average Bonchev–Trinajstić information content (AvgIpc) is 2.72. The highest BCUT2D eigenvalue weighted by atomic mass is 19.1. The summed E-state index contributed by atoms with van der Waals surface area (Å²) < 4.78 is 18.7. The van der Waals surface area contributed by atoms with Crippen molar-refractivity contribution in [1.29, 1.82) is 0 Å². The summed E-state index contributed by atoms with van der Waals surface area (Å²) in [5.41, 5.74) is 1.33. The Morgan fingerprint density at radius 3 is 2.59 bits per heavy atom. The van der Waals surface area contributed by atoms with Crippen LogP contribution in [0.5, 0.6) is 5.75 Å². The molecule has 0 saturated heterocycles. The molecule has 0 fully saturated rings. The molecule has 0 aliphatic heterocycles. The van der Waals surface area contributed by atoms with E-state index in [1.165, 1.54) is 18.2 Å². The van der Waals surface area contributed by atoms with Gasteiger partial charge in [-0.25, -0.2) is 4.39 Å². The molecule has 6 nitrogen and oxygen atoms in total. The van der Waals surface area contributed by atoms with Gasteiger partial charge in [0.25, 0.3) is 11.5 Å². The number of pyridine rings is 1. The minimum absolute atomic E-state index is 0.0854. The Labute approximate surface area is 184 Å². The highest BCUT2D eigenvalue weighted by molar-refractivity contribution is 6.06. The summed E-state index contributed by atoms with van der Waals surface area (Å²) in [4.78, 5) is 40.5. The van der Waals surface area contributed by atoms with Crippen LogP contribution in [0.4, 0.5) is 10.1 Å². The molecule has 1 aliphatic carbocycles. The number of anilines is 1. The number of carbonyl (C=O) groups excluding carboxylic acids is 2. The number of ether oxygens (including phenoxy) is 1. The summed E-state index contributed by atoms with van der Waals surface area (Å²) in [5, 5.41) is 2.68. The lowest BCUT2D eigenvalue weighted by Gasteiger charge is -2.29. The molecule has 32 heavy (non-hydrogen) atoms. The van der Waals surface area contributed by atoms with Crippen molar-refractivity contribution in [3.63, 3.8) is 0 Å². The van der Waals surface area contributed by atoms with Crippen LogP contribution in [0.1, 0.15) is 52.2 Å². The van der Waals surface area contributed by atoms with Crippen molar-refractivity contribution < 1.29 is 18.7 Å². The summed E-state index contributed by atoms with van der Waals surface area (Å²) in [6.45, 7) is 4.18. The van der Waals surface area contributed by atoms with E-state index >= 15 is 0 Å². The quantitative estimate of drug-likeness (QED) is 0.619. The monoisotopic (exact) mass is 434 g/mol. The van der Waals surface area contributed by atoms with E-state index in [9.17, 15) is 18.8 Å². The highest BCUT2D eigenvalue weighted by Crippen LogP contribution is 2.33. The summed E-state index contributed by atoms with van der Waals surface area (Å²) in [5.74, 6) is -0.509. The van der Waals surface area contributed by atoms with Gasteiger partial charge in [-0.1, -0.05) is 32.0 Å². The van der Waals surface area contributed by atoms with Crippen LogP contribution in [-0.4, -0.2) is 16.7 Å². The first kappa shape index (κ1) is 21.5. The molecule has 0 spiro atoms. The number of hydrogen-bond donors (Lipinski definition) is 2. The van der Waals surface area contributed by atoms with Crippen molar-refractivity contribution >= 4 is 17.4 Å². The Kier molecular flexibility index (Phi) is 5.65. The standard InChI is InChI=1S/C25H23FN2O4/c1-25(2)12-21-19(22(29)13-25)11-20(24(31)28-21)23(30)27-17-4-3-5-18(10-17)32-14-15-6-8-16(26)9-7-15/h3-11H,12-14H2,1-2H3,(H,27,30)(H,28,31). The summed E-state index contributed by atoms with van der Waals surface area (Å²) in [7, 11) is 0. The fourth-order valence-electron chi connectivity index (χ4n) is 3.81. The minimum Gasteiger partial charge on any atom is -0.489 e. The van der Waals surface area contributed by atoms with Gasteiger partial charge < -0.3 is 15.0 Å². The van der Waals surface area contributed by atoms with Crippen LogP contribution in [0.25, 0.3) is 0 Å². The maximum Gasteiger partial charge on any atom is 0.261 e. The second kappa shape index (κ2) is 8.42. The Balaban J connectivity index is 1.49. The predicted molar refractivity (Wildman–Crippen MR) is 119 cm³/mol. The molecule has 7 heteroatoms. The topological polar surface area (TPSA) is 88.3 Å². The van der Waals surface area contributed by atoms with Crippen LogP contribution in [0, 0.1) is 11.2 Å². The number of halogens is 1. The second-order valence-corrected chi connectivity index (χ2v) is 8.74. The fraction of sp³-hybridized carbons (Fsp3) is 0.240. The lowest BCUT2D eigenvalue weighted by atomic mass is 9.75. The normalized spacial score (nSPS) is 14.5. The summed E-state index contributed by atoms with van der Waals surface area (Å²) in [6.07, 6.45) is 0.930. The number of carbonyl (C=O) groups is 2. The molecule has 164 valence electrons. The van der Waals surface area contributed by atoms with Gasteiger partial charge in [-0.2, -0.15) is 0 Å². The number of aromatic amines is 1. The fourth-order valence-corrected chi connectivity index (χ4v) is 3.81. The van der Waals surface area contributed by atoms with Gasteiger partial charge in [0, 0.05) is 29.4 Å². The van der Waals surface area contributed by atoms with Crippen LogP contribution in [-0.2, 0) is 13.0 Å². The molecule has 2 aromatic carbocycles. The van der Waals surface area contributed by atoms with E-state index < -0.39 is 11.5 Å². The summed E-state index contributed by atoms with van der Waals surface area (Å²) >= 11 is 0. The molecule has 1 amide bonds. The molecule has 4 rings (SSSR count). The van der Waals surface area contributed by atoms with E-state index in [4.69, 9.17) is 4.74 Å². The third-order valence-electron chi connectivity index (χ3n) is 5.37. The number of amides is 1. The number of H-pyrrole nitrogens is 1. The molecule has 1 heterocycles. The first-order valence-corrected chi connectivity index (χ1v) is 10.3. The van der Waals surface area contributed by atoms with Gasteiger partial charge in [0.05, 0.1) is 0 Å². The van der Waals surface area contributed by atoms with Gasteiger partial charge in [0.1, 0.15) is 23.7 Å². The molecular weight excluding hydrogens is 411 g/mol. The number of hydrogen-bond acceptors (Lipinski definition) is 4. The number of rotatable bonds is 5. The van der Waals surface area contributed by atoms with Gasteiger partial charge in [0.15, 0.2) is 5.78 Å². The first-order valence-electron chi connectivity index (χ1n) is 10.3. The van der Waals surface area contributed by atoms with Gasteiger partial charge in [-0.3, -0.25) is 14.4 Å². The number of nitrogens with one attached hydrogen (secondary N) is 2. The lowest BCUT2D eigenvalue weighted by molar-refractivity contribution is 0.0910. The van der Waals surface area contributed by atoms with E-state index in [2.05, 4.69) is 10.3 Å². The average molecular weight is 434 g/mol. The number of aromatic nitrogens is 1. The minimum atomic E-state index is -0.609. The zero-order chi connectivity index (χ0) is 22.9. The smallest absolute Gasteiger partial charge is 0.261 e. The number of Topliss-reactive ketones (excluding diaryl/α,β-unsaturated/α-hetero) is 1.